The molecule has 0 radical (unpaired) electrons. The summed E-state index contributed by atoms with van der Waals surface area (Å²) < 4.78 is 13.6. The molecule has 1 N–H and O–H groups in total. The Balaban J connectivity index is 1.28. The lowest BCUT2D eigenvalue weighted by molar-refractivity contribution is 0.0342. The lowest BCUT2D eigenvalue weighted by Gasteiger charge is -2.26. The molecule has 0 aliphatic carbocycles. The largest absolute Gasteiger partial charge is 0.493 e. The molecule has 0 atom stereocenters. The zero-order valence-electron chi connectivity index (χ0n) is 21.9. The van der Waals surface area contributed by atoms with Crippen LogP contribution < -0.4 is 4.74 Å². The van der Waals surface area contributed by atoms with Gasteiger partial charge in [0.25, 0.3) is 0 Å². The van der Waals surface area contributed by atoms with Crippen molar-refractivity contribution >= 4 is 27.6 Å². The molecule has 6 heteroatoms. The number of morpholine rings is 1. The van der Waals surface area contributed by atoms with Gasteiger partial charge in [-0.15, -0.1) is 0 Å². The van der Waals surface area contributed by atoms with Crippen LogP contribution in [-0.4, -0.2) is 53.5 Å². The molecule has 0 saturated carbocycles. The number of aromatic carboxylic acids is 1. The monoisotopic (exact) mass is 520 g/mol. The van der Waals surface area contributed by atoms with E-state index < -0.39 is 5.97 Å². The maximum absolute atomic E-state index is 12.7. The van der Waals surface area contributed by atoms with Crippen molar-refractivity contribution in [3.63, 3.8) is 0 Å². The number of rotatable bonds is 9. The van der Waals surface area contributed by atoms with E-state index in [4.69, 9.17) is 9.47 Å². The minimum Gasteiger partial charge on any atom is -0.493 e. The fourth-order valence-corrected chi connectivity index (χ4v) is 5.62. The van der Waals surface area contributed by atoms with E-state index >= 15 is 0 Å². The minimum atomic E-state index is -0.922. The van der Waals surface area contributed by atoms with Crippen molar-refractivity contribution in [3.05, 3.63) is 102 Å². The van der Waals surface area contributed by atoms with Gasteiger partial charge in [-0.1, -0.05) is 72.8 Å². The van der Waals surface area contributed by atoms with Crippen LogP contribution in [0.5, 0.6) is 5.75 Å². The molecular formula is C33H32N2O4. The van der Waals surface area contributed by atoms with Crippen LogP contribution in [0.25, 0.3) is 32.8 Å². The zero-order valence-corrected chi connectivity index (χ0v) is 21.9. The average Bonchev–Trinajstić information content (AvgIpc) is 3.31. The molecular weight excluding hydrogens is 488 g/mol. The van der Waals surface area contributed by atoms with Crippen LogP contribution in [0.2, 0.25) is 0 Å². The molecule has 0 unspecified atom stereocenters. The molecule has 1 aliphatic heterocycles. The van der Waals surface area contributed by atoms with Gasteiger partial charge in [-0.3, -0.25) is 4.90 Å². The first-order valence-electron chi connectivity index (χ1n) is 13.5. The van der Waals surface area contributed by atoms with Gasteiger partial charge in [-0.2, -0.15) is 0 Å². The fraction of sp³-hybridized carbons (Fsp3) is 0.242. The van der Waals surface area contributed by atoms with Crippen molar-refractivity contribution in [2.24, 2.45) is 0 Å². The van der Waals surface area contributed by atoms with Gasteiger partial charge in [0.05, 0.1) is 19.8 Å². The van der Waals surface area contributed by atoms with Crippen LogP contribution in [0.4, 0.5) is 0 Å². The first kappa shape index (κ1) is 25.2. The number of carbonyl (C=O) groups is 1. The number of fused-ring (bicyclic) bond motifs is 2. The standard InChI is InChI=1S/C33H32N2O4/c36-33(37)32-31(26-11-5-8-24(22-26)23-34-17-20-38-21-18-34)28-13-3-4-14-29(28)35(32)16-7-19-39-30-15-6-10-25-9-1-2-12-27(25)30/h1-6,8-15,22H,7,16-21,23H2,(H,36,37). The van der Waals surface area contributed by atoms with E-state index in [1.54, 1.807) is 0 Å². The summed E-state index contributed by atoms with van der Waals surface area (Å²) in [6, 6.07) is 30.5. The van der Waals surface area contributed by atoms with Gasteiger partial charge < -0.3 is 19.1 Å². The fourth-order valence-electron chi connectivity index (χ4n) is 5.62. The molecule has 2 heterocycles. The molecule has 1 saturated heterocycles. The quantitative estimate of drug-likeness (QED) is 0.226. The van der Waals surface area contributed by atoms with E-state index in [1.807, 2.05) is 65.2 Å². The first-order valence-corrected chi connectivity index (χ1v) is 13.5. The zero-order chi connectivity index (χ0) is 26.6. The van der Waals surface area contributed by atoms with E-state index in [2.05, 4.69) is 35.2 Å². The van der Waals surface area contributed by atoms with E-state index in [0.29, 0.717) is 25.3 Å². The van der Waals surface area contributed by atoms with Gasteiger partial charge in [0.1, 0.15) is 11.4 Å². The number of hydrogen-bond donors (Lipinski definition) is 1. The number of benzene rings is 4. The lowest BCUT2D eigenvalue weighted by atomic mass is 9.99. The van der Waals surface area contributed by atoms with Gasteiger partial charge in [0.2, 0.25) is 0 Å². The van der Waals surface area contributed by atoms with Gasteiger partial charge in [-0.25, -0.2) is 4.79 Å². The molecule has 39 heavy (non-hydrogen) atoms. The molecule has 198 valence electrons. The summed E-state index contributed by atoms with van der Waals surface area (Å²) in [5.74, 6) is -0.0727. The smallest absolute Gasteiger partial charge is 0.353 e. The number of carboxylic acids is 1. The van der Waals surface area contributed by atoms with E-state index in [0.717, 1.165) is 71.4 Å². The Morgan fingerprint density at radius 2 is 1.62 bits per heavy atom. The number of ether oxygens (including phenoxy) is 2. The molecule has 6 nitrogen and oxygen atoms in total. The molecule has 1 aromatic heterocycles. The van der Waals surface area contributed by atoms with Gasteiger partial charge >= 0.3 is 5.97 Å². The predicted octanol–water partition coefficient (Wildman–Crippen LogP) is 6.46. The van der Waals surface area contributed by atoms with Crippen LogP contribution >= 0.6 is 0 Å². The number of hydrogen-bond acceptors (Lipinski definition) is 4. The molecule has 1 fully saturated rings. The Labute approximate surface area is 228 Å². The Morgan fingerprint density at radius 3 is 2.46 bits per heavy atom. The molecule has 0 spiro atoms. The third kappa shape index (κ3) is 5.26. The number of para-hydroxylation sites is 1. The molecule has 4 aromatic carbocycles. The summed E-state index contributed by atoms with van der Waals surface area (Å²) in [7, 11) is 0. The average molecular weight is 521 g/mol. The predicted molar refractivity (Wildman–Crippen MR) is 154 cm³/mol. The summed E-state index contributed by atoms with van der Waals surface area (Å²) in [6.45, 7) is 5.17. The van der Waals surface area contributed by atoms with Crippen LogP contribution in [0.15, 0.2) is 91.0 Å². The highest BCUT2D eigenvalue weighted by molar-refractivity contribution is 6.08. The SMILES string of the molecule is O=C(O)c1c(-c2cccc(CN3CCOCC3)c2)c2ccccc2n1CCCOc1cccc2ccccc12. The van der Waals surface area contributed by atoms with E-state index in [-0.39, 0.29) is 0 Å². The van der Waals surface area contributed by atoms with Crippen molar-refractivity contribution < 1.29 is 19.4 Å². The number of nitrogens with zero attached hydrogens (tertiary/aromatic N) is 2. The second-order valence-corrected chi connectivity index (χ2v) is 9.97. The normalized spacial score (nSPS) is 14.2. The number of aromatic nitrogens is 1. The molecule has 0 bridgehead atoms. The van der Waals surface area contributed by atoms with Crippen LogP contribution in [-0.2, 0) is 17.8 Å². The minimum absolute atomic E-state index is 0.324. The van der Waals surface area contributed by atoms with Crippen molar-refractivity contribution in [1.82, 2.24) is 9.47 Å². The Hall–Kier alpha value is -4.13. The van der Waals surface area contributed by atoms with Gasteiger partial charge in [-0.05, 0) is 41.1 Å². The van der Waals surface area contributed by atoms with Crippen LogP contribution in [0.3, 0.4) is 0 Å². The van der Waals surface area contributed by atoms with Crippen molar-refractivity contribution in [2.45, 2.75) is 19.5 Å². The first-order chi connectivity index (χ1) is 19.2. The van der Waals surface area contributed by atoms with E-state index in [1.165, 1.54) is 5.56 Å². The Bertz CT molecular complexity index is 1610. The second kappa shape index (κ2) is 11.3. The molecule has 5 aromatic rings. The third-order valence-electron chi connectivity index (χ3n) is 7.43. The highest BCUT2D eigenvalue weighted by Crippen LogP contribution is 2.36. The van der Waals surface area contributed by atoms with Gasteiger partial charge in [0.15, 0.2) is 0 Å². The maximum Gasteiger partial charge on any atom is 0.353 e. The summed E-state index contributed by atoms with van der Waals surface area (Å²) in [5.41, 5.74) is 4.13. The molecule has 0 amide bonds. The summed E-state index contributed by atoms with van der Waals surface area (Å²) >= 11 is 0. The van der Waals surface area contributed by atoms with Gasteiger partial charge in [0, 0.05) is 48.0 Å². The topological polar surface area (TPSA) is 63.9 Å². The maximum atomic E-state index is 12.7. The summed E-state index contributed by atoms with van der Waals surface area (Å²) in [5, 5.41) is 13.6. The van der Waals surface area contributed by atoms with Crippen molar-refractivity contribution in [3.8, 4) is 16.9 Å². The lowest BCUT2D eigenvalue weighted by Crippen LogP contribution is -2.35. The van der Waals surface area contributed by atoms with Crippen LogP contribution in [0.1, 0.15) is 22.5 Å². The van der Waals surface area contributed by atoms with Crippen LogP contribution in [0, 0.1) is 0 Å². The number of carboxylic acid groups (broad SMARTS) is 1. The summed E-state index contributed by atoms with van der Waals surface area (Å²) in [4.78, 5) is 15.1. The highest BCUT2D eigenvalue weighted by Gasteiger charge is 2.23. The third-order valence-corrected chi connectivity index (χ3v) is 7.43. The Morgan fingerprint density at radius 1 is 0.872 bits per heavy atom. The summed E-state index contributed by atoms with van der Waals surface area (Å²) in [6.07, 6.45) is 0.679. The molecule has 6 rings (SSSR count). The molecule has 1 aliphatic rings. The number of aryl methyl sites for hydroxylation is 1. The van der Waals surface area contributed by atoms with Crippen molar-refractivity contribution in [2.75, 3.05) is 32.9 Å². The van der Waals surface area contributed by atoms with Crippen molar-refractivity contribution in [1.29, 1.82) is 0 Å². The second-order valence-electron chi connectivity index (χ2n) is 9.97. The highest BCUT2D eigenvalue weighted by atomic mass is 16.5. The Kier molecular flexibility index (Phi) is 7.30. The van der Waals surface area contributed by atoms with E-state index in [9.17, 15) is 9.90 Å².